The van der Waals surface area contributed by atoms with Crippen LogP contribution in [-0.2, 0) is 17.5 Å². The number of piperidine rings is 1. The number of aromatic nitrogens is 2. The average molecular weight is 339 g/mol. The van der Waals surface area contributed by atoms with Crippen molar-refractivity contribution >= 4 is 5.91 Å². The average Bonchev–Trinajstić information content (AvgIpc) is 3.02. The summed E-state index contributed by atoms with van der Waals surface area (Å²) >= 11 is 0. The van der Waals surface area contributed by atoms with Gasteiger partial charge in [0.15, 0.2) is 0 Å². The summed E-state index contributed by atoms with van der Waals surface area (Å²) < 4.78 is 41.7. The fourth-order valence-corrected chi connectivity index (χ4v) is 2.75. The number of benzene rings is 1. The molecule has 1 amide bonds. The number of likely N-dealkylation sites (tertiary alicyclic amines) is 1. The van der Waals surface area contributed by atoms with E-state index in [1.165, 1.54) is 0 Å². The molecular weight excluding hydrogens is 323 g/mol. The third kappa shape index (κ3) is 3.42. The molecule has 3 rings (SSSR count). The highest BCUT2D eigenvalue weighted by Gasteiger charge is 2.38. The molecule has 24 heavy (non-hydrogen) atoms. The molecule has 2 heterocycles. The summed E-state index contributed by atoms with van der Waals surface area (Å²) in [7, 11) is 0. The minimum atomic E-state index is -4.66. The fraction of sp³-hybridized carbons (Fsp3) is 0.438. The van der Waals surface area contributed by atoms with Crippen LogP contribution in [0.2, 0.25) is 0 Å². The lowest BCUT2D eigenvalue weighted by Crippen LogP contribution is -2.41. The second-order valence-corrected chi connectivity index (χ2v) is 5.88. The largest absolute Gasteiger partial charge is 0.471 e. The molecule has 0 radical (unpaired) electrons. The number of alkyl halides is 3. The topological polar surface area (TPSA) is 59.2 Å². The van der Waals surface area contributed by atoms with E-state index in [0.29, 0.717) is 18.5 Å². The van der Waals surface area contributed by atoms with Crippen molar-refractivity contribution in [1.82, 2.24) is 15.0 Å². The van der Waals surface area contributed by atoms with Crippen LogP contribution in [0.15, 0.2) is 28.8 Å². The van der Waals surface area contributed by atoms with Crippen molar-refractivity contribution in [2.24, 2.45) is 0 Å². The molecule has 0 aliphatic carbocycles. The normalized spacial score (nSPS) is 18.9. The van der Waals surface area contributed by atoms with Gasteiger partial charge in [-0.2, -0.15) is 18.2 Å². The van der Waals surface area contributed by atoms with Crippen LogP contribution >= 0.6 is 0 Å². The van der Waals surface area contributed by atoms with Crippen LogP contribution in [0.5, 0.6) is 0 Å². The Morgan fingerprint density at radius 1 is 1.29 bits per heavy atom. The Balaban J connectivity index is 1.73. The molecule has 2 aromatic rings. The van der Waals surface area contributed by atoms with Crippen molar-refractivity contribution in [2.45, 2.75) is 44.9 Å². The highest BCUT2D eigenvalue weighted by Crippen LogP contribution is 2.29. The van der Waals surface area contributed by atoms with E-state index >= 15 is 0 Å². The molecule has 1 saturated heterocycles. The maximum Gasteiger partial charge on any atom is 0.471 e. The van der Waals surface area contributed by atoms with E-state index in [-0.39, 0.29) is 17.8 Å². The monoisotopic (exact) mass is 339 g/mol. The summed E-state index contributed by atoms with van der Waals surface area (Å²) in [5.41, 5.74) is 1.33. The number of hydrogen-bond donors (Lipinski definition) is 0. The van der Waals surface area contributed by atoms with Crippen molar-refractivity contribution in [3.05, 3.63) is 35.7 Å². The van der Waals surface area contributed by atoms with Gasteiger partial charge in [-0.25, -0.2) is 0 Å². The Hall–Kier alpha value is -2.38. The van der Waals surface area contributed by atoms with Crippen LogP contribution in [0.1, 0.15) is 37.6 Å². The highest BCUT2D eigenvalue weighted by atomic mass is 19.4. The van der Waals surface area contributed by atoms with Gasteiger partial charge in [-0.3, -0.25) is 4.79 Å². The Morgan fingerprint density at radius 3 is 2.58 bits per heavy atom. The number of rotatable bonds is 3. The van der Waals surface area contributed by atoms with E-state index in [4.69, 9.17) is 0 Å². The van der Waals surface area contributed by atoms with Gasteiger partial charge in [0.05, 0.1) is 0 Å². The van der Waals surface area contributed by atoms with E-state index in [1.54, 1.807) is 24.3 Å². The first-order valence-corrected chi connectivity index (χ1v) is 7.64. The summed E-state index contributed by atoms with van der Waals surface area (Å²) in [4.78, 5) is 17.2. The maximum atomic E-state index is 12.5. The number of carbonyl (C=O) groups is 1. The van der Waals surface area contributed by atoms with Crippen molar-refractivity contribution in [3.8, 4) is 11.4 Å². The van der Waals surface area contributed by atoms with Crippen molar-refractivity contribution in [1.29, 1.82) is 0 Å². The summed E-state index contributed by atoms with van der Waals surface area (Å²) in [5, 5.41) is 3.35. The molecule has 128 valence electrons. The molecule has 1 fully saturated rings. The van der Waals surface area contributed by atoms with Gasteiger partial charge in [0.25, 0.3) is 0 Å². The Kier molecular flexibility index (Phi) is 4.29. The van der Waals surface area contributed by atoms with Crippen LogP contribution in [0.4, 0.5) is 13.2 Å². The van der Waals surface area contributed by atoms with E-state index in [2.05, 4.69) is 14.7 Å². The van der Waals surface area contributed by atoms with Gasteiger partial charge >= 0.3 is 12.1 Å². The zero-order chi connectivity index (χ0) is 17.3. The molecule has 1 aliphatic heterocycles. The molecule has 0 bridgehead atoms. The van der Waals surface area contributed by atoms with Gasteiger partial charge in [0.1, 0.15) is 0 Å². The predicted molar refractivity (Wildman–Crippen MR) is 78.6 cm³/mol. The second kappa shape index (κ2) is 6.26. The number of nitrogens with zero attached hydrogens (tertiary/aromatic N) is 3. The first-order chi connectivity index (χ1) is 11.3. The molecule has 0 spiro atoms. The minimum Gasteiger partial charge on any atom is -0.336 e. The molecule has 1 aromatic carbocycles. The number of halogens is 3. The quantitative estimate of drug-likeness (QED) is 0.856. The zero-order valence-corrected chi connectivity index (χ0v) is 13.0. The SMILES string of the molecule is CC1CCCC(=O)N1Cc1ccc(-c2noc(C(F)(F)F)n2)cc1. The standard InChI is InChI=1S/C16H16F3N3O2/c1-10-3-2-4-13(23)22(10)9-11-5-7-12(8-6-11)14-20-15(24-21-14)16(17,18)19/h5-8,10H,2-4,9H2,1H3. The lowest BCUT2D eigenvalue weighted by Gasteiger charge is -2.33. The first kappa shape index (κ1) is 16.5. The highest BCUT2D eigenvalue weighted by molar-refractivity contribution is 5.77. The van der Waals surface area contributed by atoms with Gasteiger partial charge < -0.3 is 9.42 Å². The van der Waals surface area contributed by atoms with Crippen LogP contribution in [0.25, 0.3) is 11.4 Å². The molecule has 1 atom stereocenters. The third-order valence-electron chi connectivity index (χ3n) is 4.10. The molecular formula is C16H16F3N3O2. The minimum absolute atomic E-state index is 0.115. The molecule has 0 saturated carbocycles. The van der Waals surface area contributed by atoms with Gasteiger partial charge in [0, 0.05) is 24.6 Å². The van der Waals surface area contributed by atoms with Crippen LogP contribution in [-0.4, -0.2) is 27.0 Å². The Bertz CT molecular complexity index is 725. The zero-order valence-electron chi connectivity index (χ0n) is 13.0. The van der Waals surface area contributed by atoms with E-state index in [1.807, 2.05) is 11.8 Å². The predicted octanol–water partition coefficient (Wildman–Crippen LogP) is 3.66. The first-order valence-electron chi connectivity index (χ1n) is 7.64. The lowest BCUT2D eigenvalue weighted by molar-refractivity contribution is -0.159. The lowest BCUT2D eigenvalue weighted by atomic mass is 10.0. The summed E-state index contributed by atoms with van der Waals surface area (Å²) in [6.07, 6.45) is -2.21. The van der Waals surface area contributed by atoms with Crippen molar-refractivity contribution < 1.29 is 22.5 Å². The number of amides is 1. The maximum absolute atomic E-state index is 12.5. The van der Waals surface area contributed by atoms with Gasteiger partial charge in [-0.1, -0.05) is 29.4 Å². The third-order valence-corrected chi connectivity index (χ3v) is 4.10. The van der Waals surface area contributed by atoms with Gasteiger partial charge in [-0.05, 0) is 25.3 Å². The fourth-order valence-electron chi connectivity index (χ4n) is 2.75. The molecule has 8 heteroatoms. The summed E-state index contributed by atoms with van der Waals surface area (Å²) in [6, 6.07) is 6.96. The molecule has 0 N–H and O–H groups in total. The molecule has 1 aromatic heterocycles. The smallest absolute Gasteiger partial charge is 0.336 e. The summed E-state index contributed by atoms with van der Waals surface area (Å²) in [5.74, 6) is -1.35. The van der Waals surface area contributed by atoms with E-state index < -0.39 is 12.1 Å². The van der Waals surface area contributed by atoms with Crippen LogP contribution in [0.3, 0.4) is 0 Å². The molecule has 5 nitrogen and oxygen atoms in total. The second-order valence-electron chi connectivity index (χ2n) is 5.88. The Morgan fingerprint density at radius 2 is 2.00 bits per heavy atom. The van der Waals surface area contributed by atoms with Crippen LogP contribution < -0.4 is 0 Å². The van der Waals surface area contributed by atoms with Crippen LogP contribution in [0, 0.1) is 0 Å². The summed E-state index contributed by atoms with van der Waals surface area (Å²) in [6.45, 7) is 2.50. The van der Waals surface area contributed by atoms with E-state index in [9.17, 15) is 18.0 Å². The molecule has 1 aliphatic rings. The van der Waals surface area contributed by atoms with E-state index in [0.717, 1.165) is 18.4 Å². The number of carbonyl (C=O) groups excluding carboxylic acids is 1. The Labute approximate surface area is 136 Å². The van der Waals surface area contributed by atoms with Gasteiger partial charge in [-0.15, -0.1) is 0 Å². The molecule has 1 unspecified atom stereocenters. The van der Waals surface area contributed by atoms with Gasteiger partial charge in [0.2, 0.25) is 11.7 Å². The van der Waals surface area contributed by atoms with Crippen molar-refractivity contribution in [3.63, 3.8) is 0 Å². The number of hydrogen-bond acceptors (Lipinski definition) is 4. The van der Waals surface area contributed by atoms with Crippen molar-refractivity contribution in [2.75, 3.05) is 0 Å².